The van der Waals surface area contributed by atoms with Crippen molar-refractivity contribution in [2.75, 3.05) is 13.2 Å². The van der Waals surface area contributed by atoms with Gasteiger partial charge in [0.05, 0.1) is 6.61 Å². The quantitative estimate of drug-likeness (QED) is 0.719. The predicted octanol–water partition coefficient (Wildman–Crippen LogP) is 2.82. The van der Waals surface area contributed by atoms with Gasteiger partial charge >= 0.3 is 0 Å². The highest BCUT2D eigenvalue weighted by Crippen LogP contribution is 2.14. The third-order valence-corrected chi connectivity index (χ3v) is 3.96. The molecule has 1 N–H and O–H groups in total. The molecule has 6 nitrogen and oxygen atoms in total. The molecule has 25 heavy (non-hydrogen) atoms. The third-order valence-electron chi connectivity index (χ3n) is 3.96. The Balaban J connectivity index is 1.61. The fraction of sp³-hybridized carbons (Fsp3) is 0.316. The van der Waals surface area contributed by atoms with Crippen molar-refractivity contribution < 1.29 is 9.53 Å². The van der Waals surface area contributed by atoms with Gasteiger partial charge in [0.1, 0.15) is 17.1 Å². The Hall–Kier alpha value is -2.89. The highest BCUT2D eigenvalue weighted by molar-refractivity contribution is 5.94. The number of imidazole rings is 1. The molecule has 3 aromatic rings. The van der Waals surface area contributed by atoms with E-state index >= 15 is 0 Å². The largest absolute Gasteiger partial charge is 0.494 e. The Kier molecular flexibility index (Phi) is 5.28. The molecule has 0 aliphatic carbocycles. The number of carbonyl (C=O) groups is 1. The number of hydrogen-bond donors (Lipinski definition) is 1. The second-order valence-electron chi connectivity index (χ2n) is 5.58. The Morgan fingerprint density at radius 3 is 2.72 bits per heavy atom. The number of amides is 1. The molecule has 0 unspecified atom stereocenters. The second-order valence-corrected chi connectivity index (χ2v) is 5.58. The van der Waals surface area contributed by atoms with Crippen LogP contribution in [0.5, 0.6) is 5.75 Å². The van der Waals surface area contributed by atoms with Gasteiger partial charge < -0.3 is 14.6 Å². The van der Waals surface area contributed by atoms with Gasteiger partial charge in [-0.1, -0.05) is 0 Å². The van der Waals surface area contributed by atoms with Crippen LogP contribution in [0.1, 0.15) is 30.0 Å². The van der Waals surface area contributed by atoms with E-state index in [1.165, 1.54) is 0 Å². The zero-order chi connectivity index (χ0) is 17.6. The van der Waals surface area contributed by atoms with Crippen LogP contribution >= 0.6 is 0 Å². The van der Waals surface area contributed by atoms with E-state index in [2.05, 4.69) is 26.8 Å². The average molecular weight is 338 g/mol. The number of ether oxygens (including phenoxy) is 1. The van der Waals surface area contributed by atoms with Crippen molar-refractivity contribution in [3.63, 3.8) is 0 Å². The molecule has 0 saturated carbocycles. The van der Waals surface area contributed by atoms with E-state index in [9.17, 15) is 4.79 Å². The Labute approximate surface area is 146 Å². The molecule has 0 spiro atoms. The molecule has 0 atom stereocenters. The SMILES string of the molecule is CCOc1ccc(C(=O)NCCc2nc3cccnc3n2CC)cc1. The Morgan fingerprint density at radius 1 is 1.20 bits per heavy atom. The van der Waals surface area contributed by atoms with Gasteiger partial charge in [-0.15, -0.1) is 0 Å². The molecule has 3 rings (SSSR count). The minimum atomic E-state index is -0.0969. The van der Waals surface area contributed by atoms with Crippen LogP contribution in [0.2, 0.25) is 0 Å². The molecule has 0 aliphatic rings. The summed E-state index contributed by atoms with van der Waals surface area (Å²) in [7, 11) is 0. The fourth-order valence-electron chi connectivity index (χ4n) is 2.79. The number of nitrogens with zero attached hydrogens (tertiary/aromatic N) is 3. The van der Waals surface area contributed by atoms with Crippen molar-refractivity contribution in [3.05, 3.63) is 54.0 Å². The van der Waals surface area contributed by atoms with Crippen LogP contribution < -0.4 is 10.1 Å². The van der Waals surface area contributed by atoms with E-state index in [0.717, 1.165) is 29.3 Å². The van der Waals surface area contributed by atoms with Gasteiger partial charge in [-0.2, -0.15) is 0 Å². The van der Waals surface area contributed by atoms with E-state index in [1.54, 1.807) is 30.5 Å². The van der Waals surface area contributed by atoms with Crippen molar-refractivity contribution in [1.82, 2.24) is 19.9 Å². The van der Waals surface area contributed by atoms with Gasteiger partial charge in [0.2, 0.25) is 0 Å². The molecule has 2 aromatic heterocycles. The summed E-state index contributed by atoms with van der Waals surface area (Å²) in [5.41, 5.74) is 2.39. The van der Waals surface area contributed by atoms with Crippen LogP contribution in [-0.2, 0) is 13.0 Å². The maximum Gasteiger partial charge on any atom is 0.251 e. The molecule has 2 heterocycles. The standard InChI is InChI=1S/C19H22N4O2/c1-3-23-17(22-16-6-5-12-20-18(16)23)11-13-21-19(24)14-7-9-15(10-8-14)25-4-2/h5-10,12H,3-4,11,13H2,1-2H3,(H,21,24). The van der Waals surface area contributed by atoms with E-state index in [4.69, 9.17) is 4.74 Å². The lowest BCUT2D eigenvalue weighted by atomic mass is 10.2. The molecule has 0 bridgehead atoms. The third kappa shape index (κ3) is 3.79. The van der Waals surface area contributed by atoms with Crippen LogP contribution in [-0.4, -0.2) is 33.6 Å². The average Bonchev–Trinajstić information content (AvgIpc) is 3.00. The first-order valence-corrected chi connectivity index (χ1v) is 8.54. The zero-order valence-electron chi connectivity index (χ0n) is 14.5. The minimum Gasteiger partial charge on any atom is -0.494 e. The second kappa shape index (κ2) is 7.79. The molecule has 130 valence electrons. The van der Waals surface area contributed by atoms with Gasteiger partial charge in [-0.05, 0) is 50.2 Å². The molecule has 0 fully saturated rings. The summed E-state index contributed by atoms with van der Waals surface area (Å²) in [6, 6.07) is 11.0. The topological polar surface area (TPSA) is 69.0 Å². The maximum absolute atomic E-state index is 12.2. The molecule has 6 heteroatoms. The summed E-state index contributed by atoms with van der Waals surface area (Å²) < 4.78 is 7.47. The first-order chi connectivity index (χ1) is 12.2. The number of fused-ring (bicyclic) bond motifs is 1. The molecule has 0 aliphatic heterocycles. The number of nitrogens with one attached hydrogen (secondary N) is 1. The smallest absolute Gasteiger partial charge is 0.251 e. The first kappa shape index (κ1) is 17.0. The lowest BCUT2D eigenvalue weighted by Gasteiger charge is -2.08. The molecular formula is C19H22N4O2. The molecule has 1 aromatic carbocycles. The van der Waals surface area contributed by atoms with Crippen LogP contribution in [0.3, 0.4) is 0 Å². The normalized spacial score (nSPS) is 10.8. The van der Waals surface area contributed by atoms with Crippen molar-refractivity contribution >= 4 is 17.1 Å². The Morgan fingerprint density at radius 2 is 2.00 bits per heavy atom. The van der Waals surface area contributed by atoms with Crippen molar-refractivity contribution in [3.8, 4) is 5.75 Å². The summed E-state index contributed by atoms with van der Waals surface area (Å²) in [5.74, 6) is 1.60. The first-order valence-electron chi connectivity index (χ1n) is 8.54. The van der Waals surface area contributed by atoms with Gasteiger partial charge in [0, 0.05) is 31.3 Å². The van der Waals surface area contributed by atoms with E-state index in [1.807, 2.05) is 19.1 Å². The maximum atomic E-state index is 12.2. The van der Waals surface area contributed by atoms with Crippen LogP contribution in [0, 0.1) is 0 Å². The van der Waals surface area contributed by atoms with Gasteiger partial charge in [0.15, 0.2) is 5.65 Å². The van der Waals surface area contributed by atoms with Crippen molar-refractivity contribution in [2.45, 2.75) is 26.8 Å². The predicted molar refractivity (Wildman–Crippen MR) is 96.9 cm³/mol. The van der Waals surface area contributed by atoms with Crippen LogP contribution in [0.25, 0.3) is 11.2 Å². The summed E-state index contributed by atoms with van der Waals surface area (Å²) in [6.45, 7) is 5.93. The fourth-order valence-corrected chi connectivity index (χ4v) is 2.79. The van der Waals surface area contributed by atoms with E-state index < -0.39 is 0 Å². The number of rotatable bonds is 7. The van der Waals surface area contributed by atoms with E-state index in [0.29, 0.717) is 25.1 Å². The van der Waals surface area contributed by atoms with Gasteiger partial charge in [-0.25, -0.2) is 9.97 Å². The highest BCUT2D eigenvalue weighted by atomic mass is 16.5. The van der Waals surface area contributed by atoms with Crippen molar-refractivity contribution in [1.29, 1.82) is 0 Å². The molecular weight excluding hydrogens is 316 g/mol. The minimum absolute atomic E-state index is 0.0969. The lowest BCUT2D eigenvalue weighted by molar-refractivity contribution is 0.0954. The van der Waals surface area contributed by atoms with Crippen molar-refractivity contribution in [2.24, 2.45) is 0 Å². The summed E-state index contributed by atoms with van der Waals surface area (Å²) in [5, 5.41) is 2.94. The summed E-state index contributed by atoms with van der Waals surface area (Å²) >= 11 is 0. The van der Waals surface area contributed by atoms with Crippen LogP contribution in [0.4, 0.5) is 0 Å². The number of benzene rings is 1. The number of carbonyl (C=O) groups excluding carboxylic acids is 1. The summed E-state index contributed by atoms with van der Waals surface area (Å²) in [6.07, 6.45) is 2.43. The van der Waals surface area contributed by atoms with Gasteiger partial charge in [0.25, 0.3) is 5.91 Å². The van der Waals surface area contributed by atoms with Gasteiger partial charge in [-0.3, -0.25) is 4.79 Å². The lowest BCUT2D eigenvalue weighted by Crippen LogP contribution is -2.26. The monoisotopic (exact) mass is 338 g/mol. The molecule has 0 radical (unpaired) electrons. The summed E-state index contributed by atoms with van der Waals surface area (Å²) in [4.78, 5) is 21.2. The zero-order valence-corrected chi connectivity index (χ0v) is 14.5. The highest BCUT2D eigenvalue weighted by Gasteiger charge is 2.11. The number of pyridine rings is 1. The molecule has 0 saturated heterocycles. The number of hydrogen-bond acceptors (Lipinski definition) is 4. The number of aromatic nitrogens is 3. The van der Waals surface area contributed by atoms with Crippen LogP contribution in [0.15, 0.2) is 42.6 Å². The Bertz CT molecular complexity index is 855. The number of aryl methyl sites for hydroxylation is 1. The van der Waals surface area contributed by atoms with E-state index in [-0.39, 0.29) is 5.91 Å². The molecule has 1 amide bonds.